The highest BCUT2D eigenvalue weighted by Gasteiger charge is 2.13. The van der Waals surface area contributed by atoms with E-state index in [1.54, 1.807) is 18.2 Å². The van der Waals surface area contributed by atoms with Gasteiger partial charge in [0.05, 0.1) is 17.0 Å². The highest BCUT2D eigenvalue weighted by atomic mass is 35.5. The highest BCUT2D eigenvalue weighted by Crippen LogP contribution is 2.24. The summed E-state index contributed by atoms with van der Waals surface area (Å²) in [6.45, 7) is 0. The lowest BCUT2D eigenvalue weighted by Crippen LogP contribution is -2.05. The largest absolute Gasteiger partial charge is 0.476 e. The Hall–Kier alpha value is -1.66. The van der Waals surface area contributed by atoms with E-state index < -0.39 is 5.97 Å². The van der Waals surface area contributed by atoms with Crippen molar-refractivity contribution in [2.75, 3.05) is 0 Å². The average molecular weight is 299 g/mol. The zero-order chi connectivity index (χ0) is 13.8. The first-order valence-electron chi connectivity index (χ1n) is 5.20. The molecule has 0 saturated carbocycles. The van der Waals surface area contributed by atoms with E-state index in [0.717, 1.165) is 0 Å². The van der Waals surface area contributed by atoms with Gasteiger partial charge in [-0.1, -0.05) is 23.7 Å². The zero-order valence-electron chi connectivity index (χ0n) is 9.51. The number of benzene rings is 1. The summed E-state index contributed by atoms with van der Waals surface area (Å²) in [7, 11) is 0. The van der Waals surface area contributed by atoms with Gasteiger partial charge in [0.15, 0.2) is 5.69 Å². The lowest BCUT2D eigenvalue weighted by atomic mass is 10.3. The molecule has 1 heterocycles. The maximum absolute atomic E-state index is 13.4. The zero-order valence-corrected chi connectivity index (χ0v) is 11.1. The molecule has 7 heteroatoms. The summed E-state index contributed by atoms with van der Waals surface area (Å²) in [5, 5.41) is 8.86. The first-order chi connectivity index (χ1) is 9.08. The van der Waals surface area contributed by atoms with Crippen LogP contribution < -0.4 is 0 Å². The Bertz CT molecular complexity index is 624. The molecule has 2 aromatic rings. The second-order valence-electron chi connectivity index (χ2n) is 3.51. The molecule has 0 radical (unpaired) electrons. The van der Waals surface area contributed by atoms with Crippen LogP contribution in [0.15, 0.2) is 35.4 Å². The lowest BCUT2D eigenvalue weighted by molar-refractivity contribution is 0.0690. The number of hydrogen-bond acceptors (Lipinski definition) is 4. The molecule has 0 aliphatic carbocycles. The van der Waals surface area contributed by atoms with E-state index in [1.807, 2.05) is 0 Å². The Morgan fingerprint density at radius 1 is 1.42 bits per heavy atom. The third-order valence-electron chi connectivity index (χ3n) is 2.19. The van der Waals surface area contributed by atoms with Crippen molar-refractivity contribution in [3.8, 4) is 0 Å². The SMILES string of the molecule is O=C(O)c1nc(CSc2ccccc2F)ncc1Cl. The third kappa shape index (κ3) is 3.42. The van der Waals surface area contributed by atoms with Gasteiger partial charge in [-0.05, 0) is 12.1 Å². The third-order valence-corrected chi connectivity index (χ3v) is 3.51. The maximum atomic E-state index is 13.4. The van der Waals surface area contributed by atoms with Crippen LogP contribution in [0.1, 0.15) is 16.3 Å². The number of aromatic carboxylic acids is 1. The van der Waals surface area contributed by atoms with Gasteiger partial charge in [0.1, 0.15) is 11.6 Å². The number of rotatable bonds is 4. The Labute approximate surface area is 117 Å². The molecule has 0 unspecified atom stereocenters. The minimum absolute atomic E-state index is 0.0212. The van der Waals surface area contributed by atoms with E-state index >= 15 is 0 Å². The predicted molar refractivity (Wildman–Crippen MR) is 70.0 cm³/mol. The fraction of sp³-hybridized carbons (Fsp3) is 0.0833. The van der Waals surface area contributed by atoms with Gasteiger partial charge in [0, 0.05) is 4.90 Å². The molecule has 1 aromatic heterocycles. The second kappa shape index (κ2) is 5.99. The Kier molecular flexibility index (Phi) is 4.34. The van der Waals surface area contributed by atoms with Crippen molar-refractivity contribution in [1.29, 1.82) is 0 Å². The molecule has 0 saturated heterocycles. The Balaban J connectivity index is 2.14. The van der Waals surface area contributed by atoms with Crippen LogP contribution in [0.25, 0.3) is 0 Å². The van der Waals surface area contributed by atoms with Crippen LogP contribution in [-0.4, -0.2) is 21.0 Å². The van der Waals surface area contributed by atoms with Crippen LogP contribution in [0.5, 0.6) is 0 Å². The molecule has 1 aromatic carbocycles. The van der Waals surface area contributed by atoms with Gasteiger partial charge in [-0.15, -0.1) is 11.8 Å². The summed E-state index contributed by atoms with van der Waals surface area (Å²) in [6.07, 6.45) is 1.23. The maximum Gasteiger partial charge on any atom is 0.356 e. The Morgan fingerprint density at radius 3 is 2.84 bits per heavy atom. The summed E-state index contributed by atoms with van der Waals surface area (Å²) in [5.74, 6) is -1.00. The summed E-state index contributed by atoms with van der Waals surface area (Å²) in [6, 6.07) is 6.30. The lowest BCUT2D eigenvalue weighted by Gasteiger charge is -2.04. The molecule has 0 spiro atoms. The molecule has 0 aliphatic rings. The van der Waals surface area contributed by atoms with Crippen molar-refractivity contribution in [2.45, 2.75) is 10.6 Å². The number of carboxylic acids is 1. The minimum atomic E-state index is -1.22. The van der Waals surface area contributed by atoms with Crippen molar-refractivity contribution >= 4 is 29.3 Å². The molecular weight excluding hydrogens is 291 g/mol. The van der Waals surface area contributed by atoms with Crippen LogP contribution in [0.4, 0.5) is 4.39 Å². The van der Waals surface area contributed by atoms with Crippen molar-refractivity contribution < 1.29 is 14.3 Å². The summed E-state index contributed by atoms with van der Waals surface area (Å²) in [4.78, 5) is 19.1. The van der Waals surface area contributed by atoms with Crippen LogP contribution in [0.3, 0.4) is 0 Å². The molecule has 19 heavy (non-hydrogen) atoms. The summed E-state index contributed by atoms with van der Waals surface area (Å²) >= 11 is 6.85. The van der Waals surface area contributed by atoms with E-state index in [-0.39, 0.29) is 28.1 Å². The van der Waals surface area contributed by atoms with Crippen molar-refractivity contribution in [3.63, 3.8) is 0 Å². The van der Waals surface area contributed by atoms with Gasteiger partial charge in [0.25, 0.3) is 0 Å². The van der Waals surface area contributed by atoms with E-state index in [2.05, 4.69) is 9.97 Å². The Morgan fingerprint density at radius 2 is 2.16 bits per heavy atom. The number of aromatic nitrogens is 2. The van der Waals surface area contributed by atoms with Gasteiger partial charge < -0.3 is 5.11 Å². The van der Waals surface area contributed by atoms with E-state index in [1.165, 1.54) is 24.0 Å². The number of hydrogen-bond donors (Lipinski definition) is 1. The van der Waals surface area contributed by atoms with E-state index in [9.17, 15) is 9.18 Å². The fourth-order valence-corrected chi connectivity index (χ4v) is 2.30. The number of carboxylic acid groups (broad SMARTS) is 1. The molecule has 4 nitrogen and oxygen atoms in total. The number of halogens is 2. The monoisotopic (exact) mass is 298 g/mol. The molecule has 0 fully saturated rings. The van der Waals surface area contributed by atoms with Gasteiger partial charge in [-0.2, -0.15) is 0 Å². The molecule has 0 amide bonds. The van der Waals surface area contributed by atoms with Gasteiger partial charge in [-0.3, -0.25) is 0 Å². The topological polar surface area (TPSA) is 63.1 Å². The molecule has 1 N–H and O–H groups in total. The van der Waals surface area contributed by atoms with Crippen LogP contribution >= 0.6 is 23.4 Å². The molecule has 0 atom stereocenters. The normalized spacial score (nSPS) is 10.4. The quantitative estimate of drug-likeness (QED) is 0.878. The summed E-state index contributed by atoms with van der Waals surface area (Å²) in [5.41, 5.74) is -0.249. The smallest absolute Gasteiger partial charge is 0.356 e. The number of carbonyl (C=O) groups is 1. The van der Waals surface area contributed by atoms with Crippen LogP contribution in [0, 0.1) is 5.82 Å². The first-order valence-corrected chi connectivity index (χ1v) is 6.56. The van der Waals surface area contributed by atoms with Crippen molar-refractivity contribution in [3.05, 3.63) is 52.8 Å². The van der Waals surface area contributed by atoms with Gasteiger partial charge >= 0.3 is 5.97 Å². The number of thioether (sulfide) groups is 1. The second-order valence-corrected chi connectivity index (χ2v) is 4.93. The van der Waals surface area contributed by atoms with Crippen molar-refractivity contribution in [2.24, 2.45) is 0 Å². The molecule has 0 aliphatic heterocycles. The van der Waals surface area contributed by atoms with Crippen molar-refractivity contribution in [1.82, 2.24) is 9.97 Å². The molecule has 0 bridgehead atoms. The number of nitrogens with zero attached hydrogens (tertiary/aromatic N) is 2. The molecular formula is C12H8ClFN2O2S. The first kappa shape index (κ1) is 13.8. The van der Waals surface area contributed by atoms with Crippen LogP contribution in [0.2, 0.25) is 5.02 Å². The molecule has 98 valence electrons. The summed E-state index contributed by atoms with van der Waals surface area (Å²) < 4.78 is 13.4. The average Bonchev–Trinajstić information content (AvgIpc) is 2.39. The van der Waals surface area contributed by atoms with E-state index in [0.29, 0.717) is 4.90 Å². The van der Waals surface area contributed by atoms with Crippen LogP contribution in [-0.2, 0) is 5.75 Å². The standard InChI is InChI=1S/C12H8ClFN2O2S/c13-7-5-15-10(16-11(7)12(17)18)6-19-9-4-2-1-3-8(9)14/h1-5H,6H2,(H,17,18). The minimum Gasteiger partial charge on any atom is -0.476 e. The highest BCUT2D eigenvalue weighted by molar-refractivity contribution is 7.98. The fourth-order valence-electron chi connectivity index (χ4n) is 1.33. The predicted octanol–water partition coefficient (Wildman–Crippen LogP) is 3.26. The van der Waals surface area contributed by atoms with E-state index in [4.69, 9.17) is 16.7 Å². The van der Waals surface area contributed by atoms with Gasteiger partial charge in [-0.25, -0.2) is 19.2 Å². The molecule has 2 rings (SSSR count). The van der Waals surface area contributed by atoms with Gasteiger partial charge in [0.2, 0.25) is 0 Å².